The molecule has 192 valence electrons. The monoisotopic (exact) mass is 533 g/mol. The van der Waals surface area contributed by atoms with Gasteiger partial charge in [0.05, 0.1) is 27.4 Å². The van der Waals surface area contributed by atoms with Crippen molar-refractivity contribution in [1.29, 1.82) is 0 Å². The number of aromatic nitrogens is 2. The van der Waals surface area contributed by atoms with Crippen molar-refractivity contribution >= 4 is 70.5 Å². The van der Waals surface area contributed by atoms with E-state index in [2.05, 4.69) is 143 Å². The maximum Gasteiger partial charge on any atom is 0.0896 e. The number of fused-ring (bicyclic) bond motifs is 7. The Kier molecular flexibility index (Phi) is 5.84. The van der Waals surface area contributed by atoms with Gasteiger partial charge in [0.25, 0.3) is 0 Å². The fraction of sp³-hybridized carbons (Fsp3) is 0.0278. The van der Waals surface area contributed by atoms with Gasteiger partial charge in [-0.3, -0.25) is 4.98 Å². The van der Waals surface area contributed by atoms with Crippen molar-refractivity contribution in [3.63, 3.8) is 0 Å². The Morgan fingerprint density at radius 2 is 1.12 bits per heavy atom. The van der Waals surface area contributed by atoms with Crippen molar-refractivity contribution < 1.29 is 0 Å². The van der Waals surface area contributed by atoms with E-state index >= 15 is 0 Å². The molecule has 0 saturated carbocycles. The summed E-state index contributed by atoms with van der Waals surface area (Å²) in [6.07, 6.45) is 2.05. The summed E-state index contributed by atoms with van der Waals surface area (Å²) in [6, 6.07) is 47.2. The van der Waals surface area contributed by atoms with Crippen molar-refractivity contribution in [1.82, 2.24) is 9.55 Å². The molecule has 0 amide bonds. The minimum absolute atomic E-state index is 0. The molecular formula is C36H27N3S. The van der Waals surface area contributed by atoms with Gasteiger partial charge in [0.1, 0.15) is 0 Å². The molecule has 0 aliphatic carbocycles. The average molecular weight is 534 g/mol. The van der Waals surface area contributed by atoms with Crippen LogP contribution in [0, 0.1) is 0 Å². The molecule has 0 aliphatic heterocycles. The molecule has 3 nitrogen and oxygen atoms in total. The van der Waals surface area contributed by atoms with Crippen molar-refractivity contribution in [2.45, 2.75) is 7.43 Å². The van der Waals surface area contributed by atoms with Gasteiger partial charge in [0, 0.05) is 43.6 Å². The second kappa shape index (κ2) is 9.67. The first kappa shape index (κ1) is 24.1. The van der Waals surface area contributed by atoms with Gasteiger partial charge in [-0.2, -0.15) is 0 Å². The SMILES string of the molecule is C.c1ccc(N(c2ccccc2)c2ccc(-n3c4ccccc4c4c5sc6ccccc6c5ncc43)cc2)cc1. The van der Waals surface area contributed by atoms with Crippen molar-refractivity contribution in [2.24, 2.45) is 0 Å². The van der Waals surface area contributed by atoms with E-state index in [1.807, 2.05) is 17.5 Å². The minimum Gasteiger partial charge on any atom is -0.311 e. The van der Waals surface area contributed by atoms with E-state index in [-0.39, 0.29) is 7.43 Å². The van der Waals surface area contributed by atoms with Crippen LogP contribution in [0.1, 0.15) is 7.43 Å². The number of anilines is 3. The molecule has 4 heteroatoms. The van der Waals surface area contributed by atoms with Crippen molar-refractivity contribution in [2.75, 3.05) is 4.90 Å². The summed E-state index contributed by atoms with van der Waals surface area (Å²) in [7, 11) is 0. The van der Waals surface area contributed by atoms with Gasteiger partial charge in [0.2, 0.25) is 0 Å². The number of hydrogen-bond donors (Lipinski definition) is 0. The normalized spacial score (nSPS) is 11.3. The Morgan fingerprint density at radius 3 is 1.82 bits per heavy atom. The van der Waals surface area contributed by atoms with E-state index in [0.717, 1.165) is 33.8 Å². The molecule has 0 saturated heterocycles. The third kappa shape index (κ3) is 3.69. The summed E-state index contributed by atoms with van der Waals surface area (Å²) in [5.41, 5.74) is 7.90. The lowest BCUT2D eigenvalue weighted by Gasteiger charge is -2.25. The first-order valence-corrected chi connectivity index (χ1v) is 13.9. The number of pyridine rings is 1. The van der Waals surface area contributed by atoms with E-state index in [9.17, 15) is 0 Å². The summed E-state index contributed by atoms with van der Waals surface area (Å²) >= 11 is 1.83. The number of thiophene rings is 1. The number of benzene rings is 5. The molecule has 0 aliphatic rings. The van der Waals surface area contributed by atoms with Gasteiger partial charge in [0.15, 0.2) is 0 Å². The lowest BCUT2D eigenvalue weighted by Crippen LogP contribution is -2.09. The predicted molar refractivity (Wildman–Crippen MR) is 173 cm³/mol. The van der Waals surface area contributed by atoms with Gasteiger partial charge in [-0.15, -0.1) is 11.3 Å². The van der Waals surface area contributed by atoms with Crippen LogP contribution in [-0.2, 0) is 0 Å². The molecule has 0 bridgehead atoms. The summed E-state index contributed by atoms with van der Waals surface area (Å²) in [6.45, 7) is 0. The summed E-state index contributed by atoms with van der Waals surface area (Å²) in [4.78, 5) is 7.28. The number of para-hydroxylation sites is 3. The van der Waals surface area contributed by atoms with Crippen LogP contribution in [0.3, 0.4) is 0 Å². The molecule has 3 heterocycles. The summed E-state index contributed by atoms with van der Waals surface area (Å²) < 4.78 is 4.87. The Labute approximate surface area is 237 Å². The van der Waals surface area contributed by atoms with Crippen LogP contribution in [0.25, 0.3) is 47.8 Å². The molecule has 0 atom stereocenters. The highest BCUT2D eigenvalue weighted by Gasteiger charge is 2.18. The zero-order chi connectivity index (χ0) is 25.8. The highest BCUT2D eigenvalue weighted by molar-refractivity contribution is 7.26. The Balaban J connectivity index is 0.00000264. The highest BCUT2D eigenvalue weighted by Crippen LogP contribution is 2.42. The van der Waals surface area contributed by atoms with Crippen LogP contribution in [0.15, 0.2) is 140 Å². The molecule has 0 unspecified atom stereocenters. The van der Waals surface area contributed by atoms with Gasteiger partial charge in [-0.1, -0.05) is 80.2 Å². The molecular weight excluding hydrogens is 506 g/mol. The Bertz CT molecular complexity index is 2070. The lowest BCUT2D eigenvalue weighted by molar-refractivity contribution is 1.17. The van der Waals surface area contributed by atoms with Gasteiger partial charge >= 0.3 is 0 Å². The average Bonchev–Trinajstić information content (AvgIpc) is 3.55. The molecule has 5 aromatic carbocycles. The number of nitrogens with zero attached hydrogens (tertiary/aromatic N) is 3. The molecule has 0 radical (unpaired) electrons. The van der Waals surface area contributed by atoms with Gasteiger partial charge < -0.3 is 9.47 Å². The quantitative estimate of drug-likeness (QED) is 0.224. The zero-order valence-electron chi connectivity index (χ0n) is 21.0. The van der Waals surface area contributed by atoms with Crippen LogP contribution >= 0.6 is 11.3 Å². The first-order valence-electron chi connectivity index (χ1n) is 13.1. The standard InChI is InChI=1S/C35H23N3S.CH4/c1-3-11-24(12-4-1)37(25-13-5-2-6-14-25)26-19-21-27(22-20-26)38-30-17-9-7-15-28(30)33-31(38)23-36-34-29-16-8-10-18-32(29)39-35(33)34;/h1-23H;1H4. The minimum atomic E-state index is 0. The number of hydrogen-bond acceptors (Lipinski definition) is 3. The lowest BCUT2D eigenvalue weighted by atomic mass is 10.1. The van der Waals surface area contributed by atoms with Crippen LogP contribution in [0.5, 0.6) is 0 Å². The van der Waals surface area contributed by atoms with E-state index in [4.69, 9.17) is 4.98 Å². The van der Waals surface area contributed by atoms with E-state index in [1.165, 1.54) is 31.1 Å². The molecule has 0 N–H and O–H groups in total. The molecule has 0 fully saturated rings. The Hall–Kier alpha value is -4.93. The smallest absolute Gasteiger partial charge is 0.0896 e. The van der Waals surface area contributed by atoms with Gasteiger partial charge in [-0.05, 0) is 60.7 Å². The van der Waals surface area contributed by atoms with Crippen LogP contribution in [-0.4, -0.2) is 9.55 Å². The third-order valence-electron chi connectivity index (χ3n) is 7.42. The summed E-state index contributed by atoms with van der Waals surface area (Å²) in [5.74, 6) is 0. The first-order chi connectivity index (χ1) is 19.4. The molecule has 0 spiro atoms. The zero-order valence-corrected chi connectivity index (χ0v) is 21.8. The van der Waals surface area contributed by atoms with Crippen molar-refractivity contribution in [3.05, 3.63) is 140 Å². The molecule has 3 aromatic heterocycles. The highest BCUT2D eigenvalue weighted by atomic mass is 32.1. The Morgan fingerprint density at radius 1 is 0.550 bits per heavy atom. The predicted octanol–water partition coefficient (Wildman–Crippen LogP) is 10.7. The maximum atomic E-state index is 4.99. The topological polar surface area (TPSA) is 21.1 Å². The largest absolute Gasteiger partial charge is 0.311 e. The van der Waals surface area contributed by atoms with E-state index in [1.54, 1.807) is 0 Å². The summed E-state index contributed by atoms with van der Waals surface area (Å²) in [5, 5.41) is 3.75. The fourth-order valence-electron chi connectivity index (χ4n) is 5.71. The molecule has 8 rings (SSSR count). The number of rotatable bonds is 4. The third-order valence-corrected chi connectivity index (χ3v) is 8.60. The fourth-order valence-corrected chi connectivity index (χ4v) is 6.92. The van der Waals surface area contributed by atoms with E-state index < -0.39 is 0 Å². The van der Waals surface area contributed by atoms with Crippen LogP contribution in [0.2, 0.25) is 0 Å². The maximum absolute atomic E-state index is 4.99. The van der Waals surface area contributed by atoms with Crippen LogP contribution in [0.4, 0.5) is 17.1 Å². The second-order valence-electron chi connectivity index (χ2n) is 9.67. The van der Waals surface area contributed by atoms with Gasteiger partial charge in [-0.25, -0.2) is 0 Å². The van der Waals surface area contributed by atoms with Crippen LogP contribution < -0.4 is 4.90 Å². The molecule has 40 heavy (non-hydrogen) atoms. The van der Waals surface area contributed by atoms with E-state index in [0.29, 0.717) is 0 Å². The molecule has 8 aromatic rings. The second-order valence-corrected chi connectivity index (χ2v) is 10.7. The van der Waals surface area contributed by atoms with Crippen molar-refractivity contribution in [3.8, 4) is 5.69 Å².